The molecule has 4 nitrogen and oxygen atoms in total. The third-order valence-electron chi connectivity index (χ3n) is 3.02. The Kier molecular flexibility index (Phi) is 3.43. The molecule has 0 aliphatic carbocycles. The Hall–Kier alpha value is -2.27. The summed E-state index contributed by atoms with van der Waals surface area (Å²) in [5.74, 6) is 1.12. The molecule has 0 aliphatic rings. The normalized spacial score (nSPS) is 10.7. The van der Waals surface area contributed by atoms with Gasteiger partial charge in [-0.1, -0.05) is 29.5 Å². The maximum Gasteiger partial charge on any atom is 0.184 e. The number of fused-ring (bicyclic) bond motifs is 1. The Morgan fingerprint density at radius 2 is 2.10 bits per heavy atom. The van der Waals surface area contributed by atoms with Gasteiger partial charge in [0.1, 0.15) is 11.5 Å². The number of phenolic OH excluding ortho intramolecular Hbond substituents is 1. The van der Waals surface area contributed by atoms with Crippen molar-refractivity contribution in [1.82, 2.24) is 4.98 Å². The van der Waals surface area contributed by atoms with Gasteiger partial charge >= 0.3 is 0 Å². The van der Waals surface area contributed by atoms with Gasteiger partial charge in [-0.15, -0.1) is 0 Å². The lowest BCUT2D eigenvalue weighted by Crippen LogP contribution is -1.98. The van der Waals surface area contributed by atoms with Gasteiger partial charge in [0, 0.05) is 12.1 Å². The highest BCUT2D eigenvalue weighted by Gasteiger charge is 2.06. The highest BCUT2D eigenvalue weighted by atomic mass is 32.1. The van der Waals surface area contributed by atoms with Crippen LogP contribution >= 0.6 is 11.3 Å². The third kappa shape index (κ3) is 2.53. The van der Waals surface area contributed by atoms with E-state index in [1.807, 2.05) is 36.4 Å². The zero-order valence-electron chi connectivity index (χ0n) is 11.0. The second-order valence-electron chi connectivity index (χ2n) is 4.33. The number of nitrogens with zero attached hydrogens (tertiary/aromatic N) is 1. The first kappa shape index (κ1) is 12.7. The number of thiazole rings is 1. The van der Waals surface area contributed by atoms with Gasteiger partial charge in [-0.3, -0.25) is 0 Å². The number of anilines is 1. The highest BCUT2D eigenvalue weighted by molar-refractivity contribution is 7.22. The fraction of sp³-hybridized carbons (Fsp3) is 0.133. The SMILES string of the molecule is COc1ccc2nc(NCc3ccccc3O)sc2c1. The zero-order valence-corrected chi connectivity index (χ0v) is 11.8. The van der Waals surface area contributed by atoms with Gasteiger partial charge in [-0.25, -0.2) is 4.98 Å². The molecule has 0 bridgehead atoms. The van der Waals surface area contributed by atoms with Gasteiger partial charge in [-0.2, -0.15) is 0 Å². The number of ether oxygens (including phenoxy) is 1. The van der Waals surface area contributed by atoms with Gasteiger partial charge in [0.25, 0.3) is 0 Å². The third-order valence-corrected chi connectivity index (χ3v) is 3.99. The van der Waals surface area contributed by atoms with Gasteiger partial charge in [0.2, 0.25) is 0 Å². The van der Waals surface area contributed by atoms with E-state index < -0.39 is 0 Å². The summed E-state index contributed by atoms with van der Waals surface area (Å²) in [5, 5.41) is 13.8. The van der Waals surface area contributed by atoms with Crippen LogP contribution in [0.3, 0.4) is 0 Å². The predicted octanol–water partition coefficient (Wildman–Crippen LogP) is 3.62. The topological polar surface area (TPSA) is 54.4 Å². The summed E-state index contributed by atoms with van der Waals surface area (Å²) in [7, 11) is 1.65. The van der Waals surface area contributed by atoms with Gasteiger partial charge in [-0.05, 0) is 24.3 Å². The van der Waals surface area contributed by atoms with Crippen LogP contribution in [-0.2, 0) is 6.54 Å². The smallest absolute Gasteiger partial charge is 0.184 e. The van der Waals surface area contributed by atoms with Crippen LogP contribution < -0.4 is 10.1 Å². The van der Waals surface area contributed by atoms with Crippen molar-refractivity contribution in [1.29, 1.82) is 0 Å². The number of nitrogens with one attached hydrogen (secondary N) is 1. The van der Waals surface area contributed by atoms with Crippen LogP contribution in [0.5, 0.6) is 11.5 Å². The molecule has 1 aromatic heterocycles. The largest absolute Gasteiger partial charge is 0.508 e. The first-order valence-electron chi connectivity index (χ1n) is 6.21. The molecule has 0 fully saturated rings. The zero-order chi connectivity index (χ0) is 13.9. The quantitative estimate of drug-likeness (QED) is 0.769. The number of aromatic hydroxyl groups is 1. The number of methoxy groups -OCH3 is 1. The van der Waals surface area contributed by atoms with E-state index in [1.165, 1.54) is 0 Å². The maximum absolute atomic E-state index is 9.72. The van der Waals surface area contributed by atoms with Crippen molar-refractivity contribution in [3.63, 3.8) is 0 Å². The Bertz CT molecular complexity index is 740. The van der Waals surface area contributed by atoms with Crippen molar-refractivity contribution in [3.05, 3.63) is 48.0 Å². The van der Waals surface area contributed by atoms with E-state index >= 15 is 0 Å². The summed E-state index contributed by atoms with van der Waals surface area (Å²) < 4.78 is 6.28. The predicted molar refractivity (Wildman–Crippen MR) is 81.6 cm³/mol. The van der Waals surface area contributed by atoms with Crippen molar-refractivity contribution in [2.75, 3.05) is 12.4 Å². The minimum atomic E-state index is 0.294. The molecule has 0 saturated heterocycles. The van der Waals surface area contributed by atoms with Crippen molar-refractivity contribution in [2.24, 2.45) is 0 Å². The first-order chi connectivity index (χ1) is 9.76. The molecule has 0 spiro atoms. The summed E-state index contributed by atoms with van der Waals surface area (Å²) in [6.07, 6.45) is 0. The van der Waals surface area contributed by atoms with Crippen molar-refractivity contribution < 1.29 is 9.84 Å². The van der Waals surface area contributed by atoms with Crippen LogP contribution in [0.2, 0.25) is 0 Å². The van der Waals surface area contributed by atoms with Crippen LogP contribution in [-0.4, -0.2) is 17.2 Å². The van der Waals surface area contributed by atoms with Gasteiger partial charge in [0.05, 0.1) is 17.3 Å². The molecule has 0 atom stereocenters. The minimum absolute atomic E-state index is 0.294. The number of phenols is 1. The average Bonchev–Trinajstić information content (AvgIpc) is 2.88. The number of para-hydroxylation sites is 1. The van der Waals surface area contributed by atoms with E-state index in [4.69, 9.17) is 4.74 Å². The Balaban J connectivity index is 1.79. The first-order valence-corrected chi connectivity index (χ1v) is 7.03. The minimum Gasteiger partial charge on any atom is -0.508 e. The summed E-state index contributed by atoms with van der Waals surface area (Å²) >= 11 is 1.57. The lowest BCUT2D eigenvalue weighted by molar-refractivity contribution is 0.415. The van der Waals surface area contributed by atoms with E-state index in [-0.39, 0.29) is 0 Å². The molecule has 2 aromatic carbocycles. The molecule has 0 unspecified atom stereocenters. The van der Waals surface area contributed by atoms with Crippen LogP contribution in [0.1, 0.15) is 5.56 Å². The van der Waals surface area contributed by atoms with E-state index in [9.17, 15) is 5.11 Å². The standard InChI is InChI=1S/C15H14N2O2S/c1-19-11-6-7-12-14(8-11)20-15(17-12)16-9-10-4-2-3-5-13(10)18/h2-8,18H,9H2,1H3,(H,16,17). The summed E-state index contributed by atoms with van der Waals surface area (Å²) in [6, 6.07) is 13.1. The van der Waals surface area contributed by atoms with Crippen LogP contribution in [0.4, 0.5) is 5.13 Å². The molecule has 1 heterocycles. The highest BCUT2D eigenvalue weighted by Crippen LogP contribution is 2.29. The van der Waals surface area contributed by atoms with Gasteiger partial charge in [0.15, 0.2) is 5.13 Å². The maximum atomic E-state index is 9.72. The number of hydrogen-bond acceptors (Lipinski definition) is 5. The molecule has 0 amide bonds. The van der Waals surface area contributed by atoms with Crippen LogP contribution in [0.15, 0.2) is 42.5 Å². The van der Waals surface area contributed by atoms with E-state index in [2.05, 4.69) is 10.3 Å². The molecule has 0 aliphatic heterocycles. The molecular formula is C15H14N2O2S. The lowest BCUT2D eigenvalue weighted by atomic mass is 10.2. The Morgan fingerprint density at radius 3 is 2.90 bits per heavy atom. The number of benzene rings is 2. The lowest BCUT2D eigenvalue weighted by Gasteiger charge is -2.04. The second-order valence-corrected chi connectivity index (χ2v) is 5.37. The van der Waals surface area contributed by atoms with E-state index in [1.54, 1.807) is 24.5 Å². The number of aromatic nitrogens is 1. The van der Waals surface area contributed by atoms with E-state index in [0.717, 1.165) is 26.7 Å². The fourth-order valence-corrected chi connectivity index (χ4v) is 2.83. The second kappa shape index (κ2) is 5.38. The fourth-order valence-electron chi connectivity index (χ4n) is 1.94. The Labute approximate surface area is 120 Å². The van der Waals surface area contributed by atoms with Gasteiger partial charge < -0.3 is 15.2 Å². The molecule has 5 heteroatoms. The summed E-state index contributed by atoms with van der Waals surface area (Å²) in [6.45, 7) is 0.545. The molecule has 3 rings (SSSR count). The molecule has 102 valence electrons. The average molecular weight is 286 g/mol. The van der Waals surface area contributed by atoms with E-state index in [0.29, 0.717) is 12.3 Å². The molecule has 20 heavy (non-hydrogen) atoms. The number of hydrogen-bond donors (Lipinski definition) is 2. The summed E-state index contributed by atoms with van der Waals surface area (Å²) in [5.41, 5.74) is 1.79. The van der Waals surface area contributed by atoms with Crippen LogP contribution in [0, 0.1) is 0 Å². The molecule has 2 N–H and O–H groups in total. The van der Waals surface area contributed by atoms with Crippen LogP contribution in [0.25, 0.3) is 10.2 Å². The summed E-state index contributed by atoms with van der Waals surface area (Å²) in [4.78, 5) is 4.50. The van der Waals surface area contributed by atoms with Crippen molar-refractivity contribution in [3.8, 4) is 11.5 Å². The Morgan fingerprint density at radius 1 is 1.25 bits per heavy atom. The molecular weight excluding hydrogens is 272 g/mol. The molecule has 0 saturated carbocycles. The molecule has 0 radical (unpaired) electrons. The van der Waals surface area contributed by atoms with Crippen molar-refractivity contribution >= 4 is 26.7 Å². The monoisotopic (exact) mass is 286 g/mol. The molecule has 3 aromatic rings. The van der Waals surface area contributed by atoms with Crippen molar-refractivity contribution in [2.45, 2.75) is 6.54 Å². The number of rotatable bonds is 4.